The van der Waals surface area contributed by atoms with E-state index < -0.39 is 0 Å². The number of hydrogen-bond acceptors (Lipinski definition) is 8. The first-order valence-electron chi connectivity index (χ1n) is 14.3. The molecule has 9 nitrogen and oxygen atoms in total. The fraction of sp³-hybridized carbons (Fsp3) is 0.111. The summed E-state index contributed by atoms with van der Waals surface area (Å²) in [4.78, 5) is 27.5. The van der Waals surface area contributed by atoms with Crippen molar-refractivity contribution < 1.29 is 0 Å². The normalized spacial score (nSPS) is 11.1. The van der Waals surface area contributed by atoms with E-state index in [2.05, 4.69) is 67.0 Å². The molecule has 0 saturated carbocycles. The minimum Gasteiger partial charge on any atom is -0.309 e. The Morgan fingerprint density at radius 2 is 1.18 bits per heavy atom. The highest BCUT2D eigenvalue weighted by atomic mass is 15.0. The number of aryl methyl sites for hydroxylation is 4. The van der Waals surface area contributed by atoms with Crippen LogP contribution in [-0.2, 0) is 0 Å². The number of nitrogens with zero attached hydrogens (tertiary/aromatic N) is 9. The molecule has 4 aromatic carbocycles. The molecule has 214 valence electrons. The standard InChI is InChI=1S/C36H25N9/c1-20-39-21(2)42-35(41-20)26-11-14-34(31(17-26)36-43-22(3)40-23(4)44-36)45-32-8-6-5-7-29(32)30-16-25(10-13-33(30)45)28-12-9-24(18-37)15-27(28)19-38/h5-17H,1-4H3. The number of benzene rings is 4. The number of rotatable bonds is 4. The third kappa shape index (κ3) is 4.83. The topological polar surface area (TPSA) is 130 Å². The van der Waals surface area contributed by atoms with Gasteiger partial charge in [-0.15, -0.1) is 0 Å². The molecule has 0 aliphatic rings. The second-order valence-electron chi connectivity index (χ2n) is 10.8. The van der Waals surface area contributed by atoms with E-state index in [-0.39, 0.29) is 0 Å². The van der Waals surface area contributed by atoms with Gasteiger partial charge in [0, 0.05) is 21.9 Å². The highest BCUT2D eigenvalue weighted by Crippen LogP contribution is 2.39. The summed E-state index contributed by atoms with van der Waals surface area (Å²) in [5.74, 6) is 3.69. The van der Waals surface area contributed by atoms with Gasteiger partial charge in [0.2, 0.25) is 0 Å². The van der Waals surface area contributed by atoms with Crippen molar-refractivity contribution in [3.05, 3.63) is 113 Å². The van der Waals surface area contributed by atoms with Gasteiger partial charge in [0.25, 0.3) is 0 Å². The minimum atomic E-state index is 0.454. The molecule has 3 heterocycles. The van der Waals surface area contributed by atoms with E-state index in [1.165, 1.54) is 0 Å². The molecule has 45 heavy (non-hydrogen) atoms. The molecule has 0 fully saturated rings. The molecular formula is C36H25N9. The molecule has 0 saturated heterocycles. The van der Waals surface area contributed by atoms with Crippen LogP contribution < -0.4 is 0 Å². The quantitative estimate of drug-likeness (QED) is 0.214. The first kappa shape index (κ1) is 27.5. The summed E-state index contributed by atoms with van der Waals surface area (Å²) >= 11 is 0. The lowest BCUT2D eigenvalue weighted by molar-refractivity contribution is 0.924. The molecule has 0 aliphatic carbocycles. The molecule has 0 bridgehead atoms. The zero-order valence-corrected chi connectivity index (χ0v) is 25.0. The van der Waals surface area contributed by atoms with E-state index in [4.69, 9.17) is 9.97 Å². The van der Waals surface area contributed by atoms with E-state index in [9.17, 15) is 10.5 Å². The van der Waals surface area contributed by atoms with Gasteiger partial charge in [-0.3, -0.25) is 0 Å². The van der Waals surface area contributed by atoms with Gasteiger partial charge in [0.05, 0.1) is 40.0 Å². The maximum absolute atomic E-state index is 9.86. The van der Waals surface area contributed by atoms with E-state index in [1.54, 1.807) is 12.1 Å². The third-order valence-corrected chi connectivity index (χ3v) is 7.71. The van der Waals surface area contributed by atoms with Crippen LogP contribution in [0.15, 0.2) is 78.9 Å². The number of nitriles is 2. The number of fused-ring (bicyclic) bond motifs is 3. The van der Waals surface area contributed by atoms with Crippen molar-refractivity contribution in [2.24, 2.45) is 0 Å². The van der Waals surface area contributed by atoms with Crippen molar-refractivity contribution >= 4 is 21.8 Å². The van der Waals surface area contributed by atoms with Crippen LogP contribution in [0.1, 0.15) is 34.4 Å². The first-order valence-corrected chi connectivity index (χ1v) is 14.3. The summed E-state index contributed by atoms with van der Waals surface area (Å²) in [5.41, 5.74) is 7.10. The average Bonchev–Trinajstić information content (AvgIpc) is 3.36. The van der Waals surface area contributed by atoms with Gasteiger partial charge in [-0.25, -0.2) is 29.9 Å². The largest absolute Gasteiger partial charge is 0.309 e. The zero-order valence-electron chi connectivity index (χ0n) is 25.0. The Morgan fingerprint density at radius 1 is 0.533 bits per heavy atom. The van der Waals surface area contributed by atoms with Crippen LogP contribution in [0.3, 0.4) is 0 Å². The zero-order chi connectivity index (χ0) is 31.2. The third-order valence-electron chi connectivity index (χ3n) is 7.71. The Balaban J connectivity index is 1.51. The molecule has 0 spiro atoms. The predicted octanol–water partition coefficient (Wildman–Crippen LogP) is 7.13. The summed E-state index contributed by atoms with van der Waals surface area (Å²) < 4.78 is 2.22. The van der Waals surface area contributed by atoms with Crippen LogP contribution in [-0.4, -0.2) is 34.5 Å². The molecule has 7 aromatic rings. The molecule has 7 rings (SSSR count). The molecule has 3 aromatic heterocycles. The SMILES string of the molecule is Cc1nc(C)nc(-c2ccc(-n3c4ccccc4c4cc(-c5ccc(C#N)cc5C#N)ccc43)c(-c3nc(C)nc(C)n3)c2)n1. The van der Waals surface area contributed by atoms with Gasteiger partial charge in [-0.1, -0.05) is 30.3 Å². The van der Waals surface area contributed by atoms with Crippen molar-refractivity contribution in [2.75, 3.05) is 0 Å². The summed E-state index contributed by atoms with van der Waals surface area (Å²) in [5, 5.41) is 21.3. The summed E-state index contributed by atoms with van der Waals surface area (Å²) in [6, 6.07) is 30.1. The Bertz CT molecular complexity index is 2370. The van der Waals surface area contributed by atoms with E-state index >= 15 is 0 Å². The molecule has 0 atom stereocenters. The predicted molar refractivity (Wildman–Crippen MR) is 172 cm³/mol. The van der Waals surface area contributed by atoms with Crippen LogP contribution in [0, 0.1) is 50.4 Å². The van der Waals surface area contributed by atoms with Gasteiger partial charge in [-0.2, -0.15) is 10.5 Å². The maximum atomic E-state index is 9.86. The number of hydrogen-bond donors (Lipinski definition) is 0. The molecule has 0 radical (unpaired) electrons. The fourth-order valence-corrected chi connectivity index (χ4v) is 5.89. The monoisotopic (exact) mass is 583 g/mol. The van der Waals surface area contributed by atoms with Crippen molar-refractivity contribution in [3.63, 3.8) is 0 Å². The Morgan fingerprint density at radius 3 is 1.87 bits per heavy atom. The summed E-state index contributed by atoms with van der Waals surface area (Å²) in [7, 11) is 0. The van der Waals surface area contributed by atoms with Crippen molar-refractivity contribution in [1.29, 1.82) is 10.5 Å². The summed E-state index contributed by atoms with van der Waals surface area (Å²) in [6.07, 6.45) is 0. The van der Waals surface area contributed by atoms with Crippen molar-refractivity contribution in [3.8, 4) is 51.7 Å². The van der Waals surface area contributed by atoms with Crippen LogP contribution in [0.25, 0.3) is 61.4 Å². The number of para-hydroxylation sites is 1. The lowest BCUT2D eigenvalue weighted by Gasteiger charge is -2.15. The summed E-state index contributed by atoms with van der Waals surface area (Å²) in [6.45, 7) is 7.44. The van der Waals surface area contributed by atoms with Crippen LogP contribution in [0.2, 0.25) is 0 Å². The molecule has 0 N–H and O–H groups in total. The highest BCUT2D eigenvalue weighted by Gasteiger charge is 2.20. The molecule has 0 aliphatic heterocycles. The average molecular weight is 584 g/mol. The maximum Gasteiger partial charge on any atom is 0.165 e. The van der Waals surface area contributed by atoms with Crippen LogP contribution >= 0.6 is 0 Å². The van der Waals surface area contributed by atoms with Gasteiger partial charge in [0.15, 0.2) is 11.6 Å². The Kier molecular flexibility index (Phi) is 6.57. The minimum absolute atomic E-state index is 0.454. The molecule has 0 amide bonds. The number of aromatic nitrogens is 7. The Hall–Kier alpha value is -6.32. The molecule has 0 unspecified atom stereocenters. The van der Waals surface area contributed by atoms with E-state index in [1.807, 2.05) is 64.1 Å². The van der Waals surface area contributed by atoms with Crippen LogP contribution in [0.5, 0.6) is 0 Å². The van der Waals surface area contributed by atoms with E-state index in [0.717, 1.165) is 49.7 Å². The van der Waals surface area contributed by atoms with Gasteiger partial charge in [-0.05, 0) is 87.4 Å². The lowest BCUT2D eigenvalue weighted by atomic mass is 9.97. The second kappa shape index (κ2) is 10.7. The van der Waals surface area contributed by atoms with E-state index in [0.29, 0.717) is 46.1 Å². The molecular weight excluding hydrogens is 558 g/mol. The van der Waals surface area contributed by atoms with Gasteiger partial charge < -0.3 is 4.57 Å². The van der Waals surface area contributed by atoms with Gasteiger partial charge >= 0.3 is 0 Å². The van der Waals surface area contributed by atoms with Crippen molar-refractivity contribution in [2.45, 2.75) is 27.7 Å². The first-order chi connectivity index (χ1) is 21.8. The lowest BCUT2D eigenvalue weighted by Crippen LogP contribution is -2.04. The molecule has 9 heteroatoms. The smallest absolute Gasteiger partial charge is 0.165 e. The second-order valence-corrected chi connectivity index (χ2v) is 10.8. The highest BCUT2D eigenvalue weighted by molar-refractivity contribution is 6.11. The van der Waals surface area contributed by atoms with Gasteiger partial charge in [0.1, 0.15) is 23.3 Å². The fourth-order valence-electron chi connectivity index (χ4n) is 5.89. The van der Waals surface area contributed by atoms with Crippen LogP contribution in [0.4, 0.5) is 0 Å². The Labute approximate surface area is 259 Å². The van der Waals surface area contributed by atoms with Crippen molar-refractivity contribution in [1.82, 2.24) is 34.5 Å².